The van der Waals surface area contributed by atoms with E-state index in [-0.39, 0.29) is 17.8 Å². The lowest BCUT2D eigenvalue weighted by atomic mass is 10.0. The second-order valence-electron chi connectivity index (χ2n) is 5.02. The van der Waals surface area contributed by atoms with Crippen LogP contribution < -0.4 is 10.6 Å². The fraction of sp³-hybridized carbons (Fsp3) is 0.533. The number of carbonyl (C=O) groups is 3. The normalized spacial score (nSPS) is 14.1. The molecular weight excluding hydrogens is 272 g/mol. The molecule has 2 amide bonds. The summed E-state index contributed by atoms with van der Waals surface area (Å²) >= 11 is 0. The lowest BCUT2D eigenvalue weighted by Crippen LogP contribution is -2.36. The van der Waals surface area contributed by atoms with E-state index in [0.29, 0.717) is 25.3 Å². The van der Waals surface area contributed by atoms with Gasteiger partial charge in [0.05, 0.1) is 6.61 Å². The number of ketones is 1. The molecule has 6 nitrogen and oxygen atoms in total. The topological polar surface area (TPSA) is 84.5 Å². The van der Waals surface area contributed by atoms with Crippen LogP contribution in [0.4, 0.5) is 4.79 Å². The highest BCUT2D eigenvalue weighted by Crippen LogP contribution is 2.13. The minimum atomic E-state index is -0.302. The van der Waals surface area contributed by atoms with Crippen molar-refractivity contribution in [2.45, 2.75) is 39.5 Å². The van der Waals surface area contributed by atoms with E-state index in [1.165, 1.54) is 13.0 Å². The van der Waals surface area contributed by atoms with Crippen LogP contribution in [0.25, 0.3) is 0 Å². The summed E-state index contributed by atoms with van der Waals surface area (Å²) < 4.78 is 4.81. The third-order valence-electron chi connectivity index (χ3n) is 2.86. The van der Waals surface area contributed by atoms with Gasteiger partial charge in [-0.05, 0) is 32.3 Å². The number of amides is 2. The quantitative estimate of drug-likeness (QED) is 0.554. The predicted octanol–water partition coefficient (Wildman–Crippen LogP) is 1.82. The molecule has 0 radical (unpaired) electrons. The van der Waals surface area contributed by atoms with Crippen molar-refractivity contribution in [1.82, 2.24) is 10.6 Å². The number of hydrogen-bond donors (Lipinski definition) is 2. The van der Waals surface area contributed by atoms with Crippen LogP contribution in [0.3, 0.4) is 0 Å². The first-order chi connectivity index (χ1) is 9.97. The number of allylic oxidation sites excluding steroid dienone is 3. The van der Waals surface area contributed by atoms with Crippen LogP contribution in [-0.4, -0.2) is 30.9 Å². The van der Waals surface area contributed by atoms with Crippen molar-refractivity contribution in [1.29, 1.82) is 0 Å². The van der Waals surface area contributed by atoms with Crippen LogP contribution in [0.2, 0.25) is 0 Å². The predicted molar refractivity (Wildman–Crippen MR) is 78.5 cm³/mol. The zero-order valence-corrected chi connectivity index (χ0v) is 12.5. The highest BCUT2D eigenvalue weighted by atomic mass is 16.5. The first kappa shape index (κ1) is 16.9. The van der Waals surface area contributed by atoms with Crippen molar-refractivity contribution >= 4 is 17.8 Å². The third kappa shape index (κ3) is 7.91. The van der Waals surface area contributed by atoms with E-state index in [1.807, 2.05) is 6.92 Å². The Morgan fingerprint density at radius 1 is 1.24 bits per heavy atom. The summed E-state index contributed by atoms with van der Waals surface area (Å²) in [6.07, 6.45) is 6.05. The Kier molecular flexibility index (Phi) is 7.21. The summed E-state index contributed by atoms with van der Waals surface area (Å²) in [6, 6.07) is -0.302. The van der Waals surface area contributed by atoms with Crippen molar-refractivity contribution in [3.63, 3.8) is 0 Å². The number of rotatable bonds is 7. The first-order valence-corrected chi connectivity index (χ1v) is 7.07. The van der Waals surface area contributed by atoms with Gasteiger partial charge in [0, 0.05) is 31.7 Å². The molecule has 0 bridgehead atoms. The zero-order valence-electron chi connectivity index (χ0n) is 12.5. The second kappa shape index (κ2) is 8.94. The van der Waals surface area contributed by atoms with Gasteiger partial charge in [-0.2, -0.15) is 0 Å². The van der Waals surface area contributed by atoms with Crippen molar-refractivity contribution in [2.24, 2.45) is 0 Å². The Morgan fingerprint density at radius 2 is 2.00 bits per heavy atom. The molecule has 1 aliphatic carbocycles. The van der Waals surface area contributed by atoms with E-state index >= 15 is 0 Å². The summed E-state index contributed by atoms with van der Waals surface area (Å²) in [6.45, 7) is 4.20. The number of carbonyl (C=O) groups excluding carboxylic acids is 3. The second-order valence-corrected chi connectivity index (χ2v) is 5.02. The SMILES string of the molecule is CC(=O)OCCCCCNC(=O)NC1=CC(=O)C=C(C)C1. The van der Waals surface area contributed by atoms with E-state index in [2.05, 4.69) is 10.6 Å². The van der Waals surface area contributed by atoms with E-state index in [9.17, 15) is 14.4 Å². The largest absolute Gasteiger partial charge is 0.466 e. The van der Waals surface area contributed by atoms with Gasteiger partial charge >= 0.3 is 12.0 Å². The Bertz CT molecular complexity index is 466. The maximum absolute atomic E-state index is 11.6. The smallest absolute Gasteiger partial charge is 0.318 e. The highest BCUT2D eigenvalue weighted by molar-refractivity contribution is 6.01. The molecule has 1 aliphatic rings. The number of hydrogen-bond acceptors (Lipinski definition) is 4. The van der Waals surface area contributed by atoms with Gasteiger partial charge in [0.25, 0.3) is 0 Å². The molecule has 0 spiro atoms. The Labute approximate surface area is 124 Å². The fourth-order valence-corrected chi connectivity index (χ4v) is 1.95. The fourth-order valence-electron chi connectivity index (χ4n) is 1.95. The van der Waals surface area contributed by atoms with Gasteiger partial charge in [-0.15, -0.1) is 0 Å². The zero-order chi connectivity index (χ0) is 15.7. The lowest BCUT2D eigenvalue weighted by Gasteiger charge is -2.13. The standard InChI is InChI=1S/C15H22N2O4/c1-11-8-13(10-14(19)9-11)17-15(20)16-6-4-3-5-7-21-12(2)18/h9-10H,3-8H2,1-2H3,(H2,16,17,20). The molecule has 0 heterocycles. The average molecular weight is 294 g/mol. The number of urea groups is 1. The summed E-state index contributed by atoms with van der Waals surface area (Å²) in [5.74, 6) is -0.369. The molecule has 1 rings (SSSR count). The molecule has 0 saturated heterocycles. The van der Waals surface area contributed by atoms with Gasteiger partial charge < -0.3 is 15.4 Å². The molecule has 0 fully saturated rings. The molecule has 0 aromatic rings. The maximum atomic E-state index is 11.6. The molecule has 0 aromatic heterocycles. The average Bonchev–Trinajstić information content (AvgIpc) is 2.35. The van der Waals surface area contributed by atoms with Crippen molar-refractivity contribution < 1.29 is 19.1 Å². The molecule has 0 atom stereocenters. The molecule has 2 N–H and O–H groups in total. The highest BCUT2D eigenvalue weighted by Gasteiger charge is 2.11. The summed E-state index contributed by atoms with van der Waals surface area (Å²) in [5, 5.41) is 5.41. The molecule has 0 aliphatic heterocycles. The van der Waals surface area contributed by atoms with Crippen LogP contribution in [-0.2, 0) is 14.3 Å². The van der Waals surface area contributed by atoms with Gasteiger partial charge in [-0.3, -0.25) is 9.59 Å². The van der Waals surface area contributed by atoms with E-state index in [4.69, 9.17) is 4.74 Å². The first-order valence-electron chi connectivity index (χ1n) is 7.07. The molecule has 0 saturated carbocycles. The number of ether oxygens (including phenoxy) is 1. The minimum Gasteiger partial charge on any atom is -0.466 e. The molecule has 21 heavy (non-hydrogen) atoms. The van der Waals surface area contributed by atoms with E-state index in [1.54, 1.807) is 6.08 Å². The van der Waals surface area contributed by atoms with Gasteiger partial charge in [0.15, 0.2) is 5.78 Å². The van der Waals surface area contributed by atoms with Gasteiger partial charge in [0.2, 0.25) is 0 Å². The maximum Gasteiger partial charge on any atom is 0.318 e. The van der Waals surface area contributed by atoms with Gasteiger partial charge in [-0.25, -0.2) is 4.79 Å². The van der Waals surface area contributed by atoms with Crippen LogP contribution in [0, 0.1) is 0 Å². The van der Waals surface area contributed by atoms with Crippen LogP contribution in [0.5, 0.6) is 0 Å². The van der Waals surface area contributed by atoms with Crippen molar-refractivity contribution in [3.8, 4) is 0 Å². The Morgan fingerprint density at radius 3 is 2.67 bits per heavy atom. The van der Waals surface area contributed by atoms with Crippen LogP contribution in [0.15, 0.2) is 23.4 Å². The summed E-state index contributed by atoms with van der Waals surface area (Å²) in [7, 11) is 0. The molecule has 6 heteroatoms. The molecule has 116 valence electrons. The molecule has 0 aromatic carbocycles. The Balaban J connectivity index is 2.09. The monoisotopic (exact) mass is 294 g/mol. The summed E-state index contributed by atoms with van der Waals surface area (Å²) in [4.78, 5) is 33.5. The van der Waals surface area contributed by atoms with Crippen molar-refractivity contribution in [3.05, 3.63) is 23.4 Å². The summed E-state index contributed by atoms with van der Waals surface area (Å²) in [5.41, 5.74) is 1.55. The van der Waals surface area contributed by atoms with Crippen LogP contribution >= 0.6 is 0 Å². The molecule has 0 unspecified atom stereocenters. The van der Waals surface area contributed by atoms with Crippen molar-refractivity contribution in [2.75, 3.05) is 13.2 Å². The minimum absolute atomic E-state index is 0.0977. The number of unbranched alkanes of at least 4 members (excludes halogenated alkanes) is 2. The molecular formula is C15H22N2O4. The van der Waals surface area contributed by atoms with Gasteiger partial charge in [-0.1, -0.05) is 5.57 Å². The third-order valence-corrected chi connectivity index (χ3v) is 2.86. The number of nitrogens with one attached hydrogen (secondary N) is 2. The van der Waals surface area contributed by atoms with E-state index < -0.39 is 0 Å². The Hall–Kier alpha value is -2.11. The van der Waals surface area contributed by atoms with E-state index in [0.717, 1.165) is 24.8 Å². The van der Waals surface area contributed by atoms with Crippen LogP contribution in [0.1, 0.15) is 39.5 Å². The number of esters is 1. The lowest BCUT2D eigenvalue weighted by molar-refractivity contribution is -0.141. The van der Waals surface area contributed by atoms with Gasteiger partial charge in [0.1, 0.15) is 0 Å².